The van der Waals surface area contributed by atoms with E-state index >= 15 is 0 Å². The maximum absolute atomic E-state index is 11.9. The Labute approximate surface area is 96.5 Å². The van der Waals surface area contributed by atoms with Crippen molar-refractivity contribution in [3.8, 4) is 0 Å². The van der Waals surface area contributed by atoms with Crippen LogP contribution in [-0.2, 0) is 11.4 Å². The Morgan fingerprint density at radius 1 is 1.33 bits per heavy atom. The van der Waals surface area contributed by atoms with E-state index in [4.69, 9.17) is 5.73 Å². The van der Waals surface area contributed by atoms with Crippen LogP contribution in [-0.4, -0.2) is 21.4 Å². The van der Waals surface area contributed by atoms with Crippen LogP contribution in [0.4, 0.5) is 0 Å². The van der Waals surface area contributed by atoms with Crippen LogP contribution in [0.15, 0.2) is 0 Å². The highest BCUT2D eigenvalue weighted by molar-refractivity contribution is 7.90. The van der Waals surface area contributed by atoms with Crippen molar-refractivity contribution >= 4 is 11.4 Å². The molecule has 3 nitrogen and oxygen atoms in total. The maximum atomic E-state index is 11.9. The first kappa shape index (κ1) is 13.3. The van der Waals surface area contributed by atoms with Gasteiger partial charge in [-0.1, -0.05) is 13.3 Å². The van der Waals surface area contributed by atoms with Gasteiger partial charge in [0.05, 0.1) is 6.04 Å². The van der Waals surface area contributed by atoms with Crippen LogP contribution in [0.5, 0.6) is 0 Å². The fourth-order valence-corrected chi connectivity index (χ4v) is 2.84. The summed E-state index contributed by atoms with van der Waals surface area (Å²) in [7, 11) is 0. The first-order valence-electron chi connectivity index (χ1n) is 5.76. The molecule has 0 radical (unpaired) electrons. The number of nitrogens with two attached hydrogens (primary N) is 1. The third-order valence-electron chi connectivity index (χ3n) is 3.18. The Bertz CT molecular complexity index is 205. The second-order valence-electron chi connectivity index (χ2n) is 5.56. The van der Waals surface area contributed by atoms with Crippen LogP contribution in [0.25, 0.3) is 0 Å². The van der Waals surface area contributed by atoms with E-state index < -0.39 is 11.4 Å². The van der Waals surface area contributed by atoms with Gasteiger partial charge in [0.15, 0.2) is 0 Å². The molecule has 0 amide bonds. The zero-order valence-corrected chi connectivity index (χ0v) is 11.1. The molecular formula is C11H24N2OS. The first-order chi connectivity index (χ1) is 6.82. The van der Waals surface area contributed by atoms with Gasteiger partial charge in [-0.25, -0.2) is 0 Å². The van der Waals surface area contributed by atoms with E-state index in [1.54, 1.807) is 0 Å². The average molecular weight is 232 g/mol. The predicted molar refractivity (Wildman–Crippen MR) is 65.8 cm³/mol. The summed E-state index contributed by atoms with van der Waals surface area (Å²) in [5.41, 5.74) is 6.01. The first-order valence-corrected chi connectivity index (χ1v) is 6.91. The monoisotopic (exact) mass is 232 g/mol. The van der Waals surface area contributed by atoms with Gasteiger partial charge in [-0.3, -0.25) is 0 Å². The summed E-state index contributed by atoms with van der Waals surface area (Å²) in [5, 5.41) is 0. The van der Waals surface area contributed by atoms with Crippen LogP contribution in [0, 0.1) is 5.92 Å². The Morgan fingerprint density at radius 3 is 2.47 bits per heavy atom. The molecule has 1 aliphatic rings. The van der Waals surface area contributed by atoms with Crippen molar-refractivity contribution in [2.75, 3.05) is 0 Å². The van der Waals surface area contributed by atoms with Crippen LogP contribution >= 0.6 is 0 Å². The lowest BCUT2D eigenvalue weighted by Gasteiger charge is -2.36. The minimum Gasteiger partial charge on any atom is -0.598 e. The molecule has 1 fully saturated rings. The molecular weight excluding hydrogens is 208 g/mol. The smallest absolute Gasteiger partial charge is 0.136 e. The molecule has 0 bridgehead atoms. The zero-order valence-electron chi connectivity index (χ0n) is 10.2. The lowest BCUT2D eigenvalue weighted by molar-refractivity contribution is 0.269. The Morgan fingerprint density at radius 2 is 1.93 bits per heavy atom. The van der Waals surface area contributed by atoms with Gasteiger partial charge >= 0.3 is 0 Å². The molecule has 4 heteroatoms. The average Bonchev–Trinajstić information content (AvgIpc) is 2.11. The fraction of sp³-hybridized carbons (Fsp3) is 1.00. The normalized spacial score (nSPS) is 35.2. The van der Waals surface area contributed by atoms with Gasteiger partial charge in [0.2, 0.25) is 0 Å². The van der Waals surface area contributed by atoms with Gasteiger partial charge in [-0.2, -0.15) is 0 Å². The molecule has 3 unspecified atom stereocenters. The van der Waals surface area contributed by atoms with E-state index in [0.717, 1.165) is 19.3 Å². The van der Waals surface area contributed by atoms with E-state index in [0.29, 0.717) is 12.0 Å². The summed E-state index contributed by atoms with van der Waals surface area (Å²) >= 11 is -0.976. The van der Waals surface area contributed by atoms with Crippen LogP contribution in [0.2, 0.25) is 0 Å². The molecule has 0 heterocycles. The minimum atomic E-state index is -0.976. The van der Waals surface area contributed by atoms with E-state index in [9.17, 15) is 4.55 Å². The Hall–Kier alpha value is 0.230. The molecule has 1 aliphatic carbocycles. The maximum Gasteiger partial charge on any atom is 0.136 e. The van der Waals surface area contributed by atoms with E-state index in [1.165, 1.54) is 0 Å². The molecule has 0 aromatic heterocycles. The molecule has 3 N–H and O–H groups in total. The van der Waals surface area contributed by atoms with Crippen molar-refractivity contribution in [2.24, 2.45) is 11.7 Å². The van der Waals surface area contributed by atoms with Gasteiger partial charge in [-0.15, -0.1) is 4.72 Å². The van der Waals surface area contributed by atoms with Crippen molar-refractivity contribution < 1.29 is 4.55 Å². The quantitative estimate of drug-likeness (QED) is 0.710. The molecule has 0 spiro atoms. The van der Waals surface area contributed by atoms with Crippen molar-refractivity contribution in [2.45, 2.75) is 63.8 Å². The summed E-state index contributed by atoms with van der Waals surface area (Å²) in [6.45, 7) is 8.12. The summed E-state index contributed by atoms with van der Waals surface area (Å²) in [4.78, 5) is 0. The second-order valence-corrected chi connectivity index (χ2v) is 7.56. The van der Waals surface area contributed by atoms with Crippen molar-refractivity contribution in [1.29, 1.82) is 0 Å². The highest BCUT2D eigenvalue weighted by atomic mass is 32.2. The summed E-state index contributed by atoms with van der Waals surface area (Å²) in [6, 6.07) is 0.571. The molecule has 0 aliphatic heterocycles. The van der Waals surface area contributed by atoms with Crippen LogP contribution < -0.4 is 10.5 Å². The minimum absolute atomic E-state index is 0.193. The SMILES string of the molecule is C[C@H]1C(N)CCCC1N[S+]([O-])C(C)(C)C. The zero-order chi connectivity index (χ0) is 11.6. The van der Waals surface area contributed by atoms with E-state index in [2.05, 4.69) is 11.6 Å². The fourth-order valence-electron chi connectivity index (χ4n) is 1.88. The van der Waals surface area contributed by atoms with Gasteiger partial charge in [-0.05, 0) is 39.5 Å². The highest BCUT2D eigenvalue weighted by Gasteiger charge is 2.34. The molecule has 0 aromatic carbocycles. The molecule has 90 valence electrons. The third kappa shape index (κ3) is 3.63. The number of nitrogens with one attached hydrogen (secondary N) is 1. The molecule has 1 rings (SSSR count). The summed E-state index contributed by atoms with van der Waals surface area (Å²) < 4.78 is 15.0. The van der Waals surface area contributed by atoms with Crippen molar-refractivity contribution in [1.82, 2.24) is 4.72 Å². The van der Waals surface area contributed by atoms with E-state index in [-0.39, 0.29) is 10.8 Å². The van der Waals surface area contributed by atoms with Gasteiger partial charge in [0.1, 0.15) is 4.75 Å². The summed E-state index contributed by atoms with van der Waals surface area (Å²) in [5.74, 6) is 0.421. The van der Waals surface area contributed by atoms with Gasteiger partial charge in [0, 0.05) is 17.4 Å². The number of hydrogen-bond acceptors (Lipinski definition) is 3. The molecule has 0 aromatic rings. The second kappa shape index (κ2) is 5.04. The summed E-state index contributed by atoms with van der Waals surface area (Å²) in [6.07, 6.45) is 3.34. The predicted octanol–water partition coefficient (Wildman–Crippen LogP) is 1.55. The highest BCUT2D eigenvalue weighted by Crippen LogP contribution is 2.25. The Kier molecular flexibility index (Phi) is 4.47. The molecule has 0 saturated heterocycles. The van der Waals surface area contributed by atoms with Gasteiger partial charge < -0.3 is 10.3 Å². The van der Waals surface area contributed by atoms with Crippen LogP contribution in [0.1, 0.15) is 47.0 Å². The largest absolute Gasteiger partial charge is 0.598 e. The Balaban J connectivity index is 2.50. The van der Waals surface area contributed by atoms with Gasteiger partial charge in [0.25, 0.3) is 0 Å². The topological polar surface area (TPSA) is 61.1 Å². The molecule has 4 atom stereocenters. The lowest BCUT2D eigenvalue weighted by atomic mass is 9.83. The van der Waals surface area contributed by atoms with Crippen molar-refractivity contribution in [3.05, 3.63) is 0 Å². The third-order valence-corrected chi connectivity index (χ3v) is 4.81. The number of hydrogen-bond donors (Lipinski definition) is 2. The van der Waals surface area contributed by atoms with E-state index in [1.807, 2.05) is 20.8 Å². The lowest BCUT2D eigenvalue weighted by Crippen LogP contribution is -2.52. The van der Waals surface area contributed by atoms with Crippen molar-refractivity contribution in [3.63, 3.8) is 0 Å². The standard InChI is InChI=1S/C11H24N2OS/c1-8-9(12)6-5-7-10(8)13-15(14)11(2,3)4/h8-10,13H,5-7,12H2,1-4H3/t8-,9?,10?,15?/m0/s1. The molecule has 15 heavy (non-hydrogen) atoms. The van der Waals surface area contributed by atoms with Crippen LogP contribution in [0.3, 0.4) is 0 Å². The number of rotatable bonds is 2. The molecule has 1 saturated carbocycles.